The maximum atomic E-state index is 11.2. The van der Waals surface area contributed by atoms with Gasteiger partial charge in [0.05, 0.1) is 0 Å². The fourth-order valence-electron chi connectivity index (χ4n) is 1.29. The van der Waals surface area contributed by atoms with E-state index in [1.165, 1.54) is 12.1 Å². The second-order valence-electron chi connectivity index (χ2n) is 3.49. The Bertz CT molecular complexity index is 604. The van der Waals surface area contributed by atoms with Crippen LogP contribution in [0, 0.1) is 13.8 Å². The average Bonchev–Trinajstić information content (AvgIpc) is 2.13. The molecule has 0 spiro atoms. The Morgan fingerprint density at radius 1 is 0.941 bits per heavy atom. The second kappa shape index (κ2) is 4.54. The molecule has 0 unspecified atom stereocenters. The molecule has 0 aromatic carbocycles. The molecule has 2 aromatic rings. The quantitative estimate of drug-likeness (QED) is 0.762. The van der Waals surface area contributed by atoms with Crippen molar-refractivity contribution in [3.8, 4) is 0 Å². The summed E-state index contributed by atoms with van der Waals surface area (Å²) in [6, 6.07) is 2.80. The van der Waals surface area contributed by atoms with Crippen LogP contribution in [0.3, 0.4) is 0 Å². The third-order valence-electron chi connectivity index (χ3n) is 1.89. The van der Waals surface area contributed by atoms with E-state index in [4.69, 9.17) is 0 Å². The van der Waals surface area contributed by atoms with Gasteiger partial charge in [-0.3, -0.25) is 9.59 Å². The van der Waals surface area contributed by atoms with Gasteiger partial charge in [0, 0.05) is 23.5 Å². The maximum absolute atomic E-state index is 11.2. The predicted molar refractivity (Wildman–Crippen MR) is 63.3 cm³/mol. The molecule has 0 saturated heterocycles. The smallest absolute Gasteiger partial charge is 0.251 e. The van der Waals surface area contributed by atoms with Crippen molar-refractivity contribution in [2.45, 2.75) is 24.2 Å². The first-order valence-corrected chi connectivity index (χ1v) is 5.68. The Balaban J connectivity index is 2.37. The van der Waals surface area contributed by atoms with Crippen molar-refractivity contribution in [2.24, 2.45) is 0 Å². The van der Waals surface area contributed by atoms with Crippen LogP contribution in [0.15, 0.2) is 32.0 Å². The number of H-pyrrole nitrogens is 2. The lowest BCUT2D eigenvalue weighted by Gasteiger charge is -2.01. The van der Waals surface area contributed by atoms with Crippen molar-refractivity contribution in [1.82, 2.24) is 19.9 Å². The normalized spacial score (nSPS) is 10.5. The molecule has 6 nitrogen and oxygen atoms in total. The molecule has 0 fully saturated rings. The number of nitrogens with zero attached hydrogens (tertiary/aromatic N) is 2. The van der Waals surface area contributed by atoms with Crippen LogP contribution in [0.1, 0.15) is 11.4 Å². The highest BCUT2D eigenvalue weighted by molar-refractivity contribution is 7.99. The maximum Gasteiger partial charge on any atom is 0.251 e. The molecule has 17 heavy (non-hydrogen) atoms. The van der Waals surface area contributed by atoms with Crippen LogP contribution in [-0.4, -0.2) is 19.9 Å². The van der Waals surface area contributed by atoms with E-state index in [0.29, 0.717) is 21.7 Å². The Morgan fingerprint density at radius 2 is 1.35 bits per heavy atom. The third-order valence-corrected chi connectivity index (χ3v) is 2.66. The molecule has 2 rings (SSSR count). The van der Waals surface area contributed by atoms with E-state index in [9.17, 15) is 9.59 Å². The third kappa shape index (κ3) is 3.04. The molecule has 0 atom stereocenters. The van der Waals surface area contributed by atoms with Crippen LogP contribution >= 0.6 is 11.8 Å². The van der Waals surface area contributed by atoms with E-state index in [1.54, 1.807) is 13.8 Å². The van der Waals surface area contributed by atoms with Crippen molar-refractivity contribution in [1.29, 1.82) is 0 Å². The average molecular weight is 250 g/mol. The summed E-state index contributed by atoms with van der Waals surface area (Å²) in [5, 5.41) is 0.813. The highest BCUT2D eigenvalue weighted by atomic mass is 32.2. The highest BCUT2D eigenvalue weighted by Crippen LogP contribution is 2.18. The number of aromatic amines is 2. The van der Waals surface area contributed by atoms with Crippen LogP contribution in [0.5, 0.6) is 0 Å². The second-order valence-corrected chi connectivity index (χ2v) is 4.46. The number of hydrogen-bond acceptors (Lipinski definition) is 5. The zero-order chi connectivity index (χ0) is 12.4. The van der Waals surface area contributed by atoms with Crippen LogP contribution in [0.25, 0.3) is 0 Å². The van der Waals surface area contributed by atoms with E-state index in [2.05, 4.69) is 19.9 Å². The number of hydrogen-bond donors (Lipinski definition) is 2. The van der Waals surface area contributed by atoms with Gasteiger partial charge in [0.15, 0.2) is 10.3 Å². The Kier molecular flexibility index (Phi) is 3.10. The molecule has 0 saturated carbocycles. The molecule has 88 valence electrons. The fraction of sp³-hybridized carbons (Fsp3) is 0.200. The van der Waals surface area contributed by atoms with Gasteiger partial charge in [0.2, 0.25) is 0 Å². The van der Waals surface area contributed by atoms with Crippen molar-refractivity contribution < 1.29 is 0 Å². The molecule has 2 N–H and O–H groups in total. The lowest BCUT2D eigenvalue weighted by Crippen LogP contribution is -2.10. The van der Waals surface area contributed by atoms with Gasteiger partial charge in [-0.15, -0.1) is 0 Å². The standard InChI is InChI=1S/C10H10N4O2S/c1-5-3-7(15)13-9(11-5)17-10-12-6(2)4-8(16)14-10/h3-4H,1-2H3,(H,11,13,15)(H,12,14,16). The monoisotopic (exact) mass is 250 g/mol. The molecule has 7 heteroatoms. The highest BCUT2D eigenvalue weighted by Gasteiger charge is 2.04. The van der Waals surface area contributed by atoms with Crippen LogP contribution in [-0.2, 0) is 0 Å². The van der Waals surface area contributed by atoms with Crippen LogP contribution < -0.4 is 11.1 Å². The molecule has 0 aliphatic heterocycles. The summed E-state index contributed by atoms with van der Waals surface area (Å²) in [5.41, 5.74) is 0.780. The molecular weight excluding hydrogens is 240 g/mol. The van der Waals surface area contributed by atoms with Gasteiger partial charge in [-0.1, -0.05) is 0 Å². The first-order chi connectivity index (χ1) is 8.02. The van der Waals surface area contributed by atoms with Gasteiger partial charge in [-0.25, -0.2) is 9.97 Å². The summed E-state index contributed by atoms with van der Waals surface area (Å²) in [5.74, 6) is 0. The first kappa shape index (κ1) is 11.6. The Labute approximate surface area is 101 Å². The summed E-state index contributed by atoms with van der Waals surface area (Å²) in [7, 11) is 0. The number of rotatable bonds is 2. The molecule has 0 bridgehead atoms. The number of aromatic nitrogens is 4. The zero-order valence-corrected chi connectivity index (χ0v) is 10.1. The van der Waals surface area contributed by atoms with E-state index in [0.717, 1.165) is 11.8 Å². The molecular formula is C10H10N4O2S. The van der Waals surface area contributed by atoms with Gasteiger partial charge in [0.1, 0.15) is 0 Å². The minimum atomic E-state index is -0.227. The summed E-state index contributed by atoms with van der Waals surface area (Å²) in [6.45, 7) is 3.46. The Hall–Kier alpha value is -1.89. The number of nitrogens with one attached hydrogen (secondary N) is 2. The van der Waals surface area contributed by atoms with E-state index in [-0.39, 0.29) is 11.1 Å². The topological polar surface area (TPSA) is 91.5 Å². The molecule has 0 aliphatic carbocycles. The van der Waals surface area contributed by atoms with Crippen molar-refractivity contribution in [2.75, 3.05) is 0 Å². The zero-order valence-electron chi connectivity index (χ0n) is 9.27. The fourth-order valence-corrected chi connectivity index (χ4v) is 2.16. The molecule has 0 radical (unpaired) electrons. The van der Waals surface area contributed by atoms with Gasteiger partial charge in [0.25, 0.3) is 11.1 Å². The SMILES string of the molecule is Cc1cc(=O)[nH]c(Sc2nc(C)cc(=O)[nH]2)n1. The minimum absolute atomic E-state index is 0.227. The van der Waals surface area contributed by atoms with Crippen LogP contribution in [0.2, 0.25) is 0 Å². The number of aryl methyl sites for hydroxylation is 2. The summed E-state index contributed by atoms with van der Waals surface area (Å²) in [6.07, 6.45) is 0. The van der Waals surface area contributed by atoms with E-state index in [1.807, 2.05) is 0 Å². The molecule has 2 aromatic heterocycles. The van der Waals surface area contributed by atoms with Gasteiger partial charge >= 0.3 is 0 Å². The molecule has 0 amide bonds. The van der Waals surface area contributed by atoms with Gasteiger partial charge in [-0.2, -0.15) is 0 Å². The molecule has 0 aliphatic rings. The summed E-state index contributed by atoms with van der Waals surface area (Å²) in [4.78, 5) is 35.9. The van der Waals surface area contributed by atoms with E-state index < -0.39 is 0 Å². The largest absolute Gasteiger partial charge is 0.301 e. The van der Waals surface area contributed by atoms with Crippen molar-refractivity contribution in [3.63, 3.8) is 0 Å². The lowest BCUT2D eigenvalue weighted by molar-refractivity contribution is 0.871. The Morgan fingerprint density at radius 3 is 1.71 bits per heavy atom. The molecule has 2 heterocycles. The predicted octanol–water partition coefficient (Wildman–Crippen LogP) is 0.621. The van der Waals surface area contributed by atoms with Gasteiger partial charge < -0.3 is 9.97 Å². The summed E-state index contributed by atoms with van der Waals surface area (Å²) >= 11 is 1.11. The van der Waals surface area contributed by atoms with Crippen molar-refractivity contribution >= 4 is 11.8 Å². The lowest BCUT2D eigenvalue weighted by atomic mass is 10.5. The van der Waals surface area contributed by atoms with Crippen molar-refractivity contribution in [3.05, 3.63) is 44.2 Å². The minimum Gasteiger partial charge on any atom is -0.301 e. The first-order valence-electron chi connectivity index (χ1n) is 4.87. The van der Waals surface area contributed by atoms with E-state index >= 15 is 0 Å². The van der Waals surface area contributed by atoms with Crippen LogP contribution in [0.4, 0.5) is 0 Å². The van der Waals surface area contributed by atoms with Gasteiger partial charge in [-0.05, 0) is 25.6 Å². The summed E-state index contributed by atoms with van der Waals surface area (Å²) < 4.78 is 0.